The molecule has 2 aromatic rings. The van der Waals surface area contributed by atoms with E-state index < -0.39 is 41.5 Å². The van der Waals surface area contributed by atoms with Crippen LogP contribution in [-0.2, 0) is 9.59 Å². The lowest BCUT2D eigenvalue weighted by Gasteiger charge is -2.19. The lowest BCUT2D eigenvalue weighted by Crippen LogP contribution is -2.47. The Morgan fingerprint density at radius 2 is 1.71 bits per heavy atom. The maximum atomic E-state index is 13.4. The van der Waals surface area contributed by atoms with Crippen molar-refractivity contribution < 1.29 is 28.3 Å². The molecule has 2 atom stereocenters. The Hall–Kier alpha value is -2.71. The molecular weight excluding hydrogens is 417 g/mol. The first-order valence-corrected chi connectivity index (χ1v) is 8.60. The van der Waals surface area contributed by atoms with Gasteiger partial charge in [0, 0.05) is 0 Å². The maximum Gasteiger partial charge on any atom is 0.330 e. The predicted molar refractivity (Wildman–Crippen MR) is 98.3 cm³/mol. The van der Waals surface area contributed by atoms with Crippen molar-refractivity contribution in [1.82, 2.24) is 10.6 Å². The molecule has 0 heterocycles. The van der Waals surface area contributed by atoms with Gasteiger partial charge >= 0.3 is 5.97 Å². The van der Waals surface area contributed by atoms with Crippen LogP contribution in [0.3, 0.4) is 0 Å². The SMILES string of the molecule is CC(NC(=O)c1cccc(Cl)c1Cl)C(=O)NC(C(=O)O)c1ccc(F)c(F)c1. The number of nitrogens with one attached hydrogen (secondary N) is 2. The van der Waals surface area contributed by atoms with Crippen molar-refractivity contribution in [3.05, 3.63) is 69.2 Å². The molecule has 2 amide bonds. The summed E-state index contributed by atoms with van der Waals surface area (Å²) in [4.78, 5) is 36.0. The normalized spacial score (nSPS) is 12.8. The lowest BCUT2D eigenvalue weighted by molar-refractivity contribution is -0.142. The van der Waals surface area contributed by atoms with E-state index in [1.807, 2.05) is 0 Å². The fourth-order valence-electron chi connectivity index (χ4n) is 2.27. The predicted octanol–water partition coefficient (Wildman–Crippen LogP) is 3.33. The second kappa shape index (κ2) is 8.99. The summed E-state index contributed by atoms with van der Waals surface area (Å²) in [7, 11) is 0. The third-order valence-corrected chi connectivity index (χ3v) is 4.57. The molecule has 3 N–H and O–H groups in total. The van der Waals surface area contributed by atoms with Crippen LogP contribution in [0.1, 0.15) is 28.9 Å². The largest absolute Gasteiger partial charge is 0.479 e. The fourth-order valence-corrected chi connectivity index (χ4v) is 2.65. The Labute approximate surface area is 168 Å². The van der Waals surface area contributed by atoms with E-state index in [0.717, 1.165) is 12.1 Å². The van der Waals surface area contributed by atoms with Gasteiger partial charge in [-0.3, -0.25) is 9.59 Å². The molecule has 148 valence electrons. The standard InChI is InChI=1S/C18H14Cl2F2N2O4/c1-8(23-17(26)10-3-2-4-11(19)14(10)20)16(25)24-15(18(27)28)9-5-6-12(21)13(22)7-9/h2-8,15H,1H3,(H,23,26)(H,24,25)(H,27,28). The summed E-state index contributed by atoms with van der Waals surface area (Å²) in [6.45, 7) is 1.32. The number of carbonyl (C=O) groups is 3. The van der Waals surface area contributed by atoms with Crippen molar-refractivity contribution in [1.29, 1.82) is 0 Å². The van der Waals surface area contributed by atoms with Crippen LogP contribution in [0.2, 0.25) is 10.0 Å². The number of amides is 2. The molecule has 0 aliphatic rings. The third kappa shape index (κ3) is 4.96. The van der Waals surface area contributed by atoms with Gasteiger partial charge in [-0.2, -0.15) is 0 Å². The molecular formula is C18H14Cl2F2N2O4. The van der Waals surface area contributed by atoms with Gasteiger partial charge < -0.3 is 15.7 Å². The molecule has 6 nitrogen and oxygen atoms in total. The van der Waals surface area contributed by atoms with Gasteiger partial charge in [0.1, 0.15) is 6.04 Å². The Morgan fingerprint density at radius 3 is 2.32 bits per heavy atom. The zero-order valence-corrected chi connectivity index (χ0v) is 15.8. The minimum absolute atomic E-state index is 0.000486. The number of halogens is 4. The average molecular weight is 431 g/mol. The van der Waals surface area contributed by atoms with E-state index in [1.54, 1.807) is 0 Å². The molecule has 2 aromatic carbocycles. The fraction of sp³-hybridized carbons (Fsp3) is 0.167. The Morgan fingerprint density at radius 1 is 1.04 bits per heavy atom. The van der Waals surface area contributed by atoms with Crippen LogP contribution in [0.15, 0.2) is 36.4 Å². The van der Waals surface area contributed by atoms with Gasteiger partial charge in [-0.25, -0.2) is 13.6 Å². The van der Waals surface area contributed by atoms with E-state index in [4.69, 9.17) is 23.2 Å². The van der Waals surface area contributed by atoms with Crippen LogP contribution in [-0.4, -0.2) is 28.9 Å². The van der Waals surface area contributed by atoms with Crippen molar-refractivity contribution in [3.8, 4) is 0 Å². The van der Waals surface area contributed by atoms with Crippen molar-refractivity contribution in [2.24, 2.45) is 0 Å². The lowest BCUT2D eigenvalue weighted by atomic mass is 10.1. The van der Waals surface area contributed by atoms with E-state index in [2.05, 4.69) is 10.6 Å². The zero-order valence-electron chi connectivity index (χ0n) is 14.3. The summed E-state index contributed by atoms with van der Waals surface area (Å²) in [5, 5.41) is 14.0. The summed E-state index contributed by atoms with van der Waals surface area (Å²) in [6, 6.07) is 4.03. The third-order valence-electron chi connectivity index (χ3n) is 3.75. The second-order valence-corrected chi connectivity index (χ2v) is 6.54. The maximum absolute atomic E-state index is 13.4. The van der Waals surface area contributed by atoms with Gasteiger partial charge in [-0.05, 0) is 36.8 Å². The minimum Gasteiger partial charge on any atom is -0.479 e. The van der Waals surface area contributed by atoms with E-state index in [0.29, 0.717) is 6.07 Å². The molecule has 2 rings (SSSR count). The number of carboxylic acids is 1. The number of carboxylic acid groups (broad SMARTS) is 1. The summed E-state index contributed by atoms with van der Waals surface area (Å²) < 4.78 is 26.4. The van der Waals surface area contributed by atoms with Gasteiger partial charge in [0.15, 0.2) is 17.7 Å². The highest BCUT2D eigenvalue weighted by atomic mass is 35.5. The monoisotopic (exact) mass is 430 g/mol. The molecule has 0 aliphatic carbocycles. The highest BCUT2D eigenvalue weighted by Gasteiger charge is 2.27. The molecule has 0 saturated heterocycles. The van der Waals surface area contributed by atoms with Crippen LogP contribution in [0.4, 0.5) is 8.78 Å². The van der Waals surface area contributed by atoms with Crippen LogP contribution >= 0.6 is 23.2 Å². The van der Waals surface area contributed by atoms with Crippen molar-refractivity contribution in [2.75, 3.05) is 0 Å². The summed E-state index contributed by atoms with van der Waals surface area (Å²) in [6.07, 6.45) is 0. The highest BCUT2D eigenvalue weighted by molar-refractivity contribution is 6.43. The van der Waals surface area contributed by atoms with Gasteiger partial charge in [-0.15, -0.1) is 0 Å². The average Bonchev–Trinajstić information content (AvgIpc) is 2.63. The molecule has 28 heavy (non-hydrogen) atoms. The first kappa shape index (κ1) is 21.6. The van der Waals surface area contributed by atoms with E-state index in [1.165, 1.54) is 25.1 Å². The minimum atomic E-state index is -1.64. The molecule has 0 fully saturated rings. The number of hydrogen-bond acceptors (Lipinski definition) is 3. The van der Waals surface area contributed by atoms with Gasteiger partial charge in [0.05, 0.1) is 15.6 Å². The summed E-state index contributed by atoms with van der Waals surface area (Å²) in [5.74, 6) is -5.46. The molecule has 10 heteroatoms. The first-order chi connectivity index (χ1) is 13.1. The number of aliphatic carboxylic acids is 1. The molecule has 2 unspecified atom stereocenters. The van der Waals surface area contributed by atoms with E-state index >= 15 is 0 Å². The van der Waals surface area contributed by atoms with Crippen molar-refractivity contribution >= 4 is 41.0 Å². The molecule has 0 aliphatic heterocycles. The van der Waals surface area contributed by atoms with Crippen LogP contribution in [0.5, 0.6) is 0 Å². The van der Waals surface area contributed by atoms with Gasteiger partial charge in [0.25, 0.3) is 5.91 Å². The number of hydrogen-bond donors (Lipinski definition) is 3. The Balaban J connectivity index is 2.12. The van der Waals surface area contributed by atoms with Crippen molar-refractivity contribution in [2.45, 2.75) is 19.0 Å². The number of benzene rings is 2. The van der Waals surface area contributed by atoms with Crippen LogP contribution < -0.4 is 10.6 Å². The first-order valence-electron chi connectivity index (χ1n) is 7.84. The molecule has 0 aromatic heterocycles. The topological polar surface area (TPSA) is 95.5 Å². The summed E-state index contributed by atoms with van der Waals surface area (Å²) >= 11 is 11.8. The Bertz CT molecular complexity index is 940. The van der Waals surface area contributed by atoms with E-state index in [-0.39, 0.29) is 21.2 Å². The smallest absolute Gasteiger partial charge is 0.330 e. The summed E-state index contributed by atoms with van der Waals surface area (Å²) in [5.41, 5.74) is -0.139. The van der Waals surface area contributed by atoms with Crippen molar-refractivity contribution in [3.63, 3.8) is 0 Å². The highest BCUT2D eigenvalue weighted by Crippen LogP contribution is 2.25. The number of carbonyl (C=O) groups excluding carboxylic acids is 2. The van der Waals surface area contributed by atoms with E-state index in [9.17, 15) is 28.3 Å². The number of rotatable bonds is 6. The molecule has 0 radical (unpaired) electrons. The molecule has 0 bridgehead atoms. The van der Waals surface area contributed by atoms with Crippen LogP contribution in [0, 0.1) is 11.6 Å². The quantitative estimate of drug-likeness (QED) is 0.654. The van der Waals surface area contributed by atoms with Crippen LogP contribution in [0.25, 0.3) is 0 Å². The molecule has 0 spiro atoms. The second-order valence-electron chi connectivity index (χ2n) is 5.75. The van der Waals surface area contributed by atoms with Gasteiger partial charge in [-0.1, -0.05) is 35.3 Å². The molecule has 0 saturated carbocycles. The zero-order chi connectivity index (χ0) is 21.0. The van der Waals surface area contributed by atoms with Gasteiger partial charge in [0.2, 0.25) is 5.91 Å². The Kier molecular flexibility index (Phi) is 6.93.